The Kier molecular flexibility index (Phi) is 6.91. The van der Waals surface area contributed by atoms with Gasteiger partial charge in [-0.15, -0.1) is 0 Å². The van der Waals surface area contributed by atoms with Gasteiger partial charge >= 0.3 is 0 Å². The average Bonchev–Trinajstić information content (AvgIpc) is 2.92. The quantitative estimate of drug-likeness (QED) is 0.472. The van der Waals surface area contributed by atoms with E-state index in [1.807, 2.05) is 19.1 Å². The molecule has 0 bridgehead atoms. The molecule has 4 nitrogen and oxygen atoms in total. The molecule has 0 aliphatic carbocycles. The summed E-state index contributed by atoms with van der Waals surface area (Å²) in [5, 5.41) is -0.223. The molecule has 28 heavy (non-hydrogen) atoms. The van der Waals surface area contributed by atoms with Gasteiger partial charge in [-0.1, -0.05) is 31.5 Å². The van der Waals surface area contributed by atoms with Crippen molar-refractivity contribution in [1.82, 2.24) is 4.90 Å². The van der Waals surface area contributed by atoms with Crippen LogP contribution in [0.5, 0.6) is 5.75 Å². The molecule has 2 aromatic rings. The van der Waals surface area contributed by atoms with Gasteiger partial charge in [0.15, 0.2) is 0 Å². The maximum atomic E-state index is 13.2. The molecular weight excluding hydrogens is 445 g/mol. The number of halogens is 2. The molecule has 7 heteroatoms. The molecule has 2 aromatic carbocycles. The minimum absolute atomic E-state index is 0.223. The number of unbranched alkanes of at least 4 members (excludes halogenated alkanes) is 1. The Morgan fingerprint density at radius 1 is 1.21 bits per heavy atom. The van der Waals surface area contributed by atoms with Crippen LogP contribution in [0.2, 0.25) is 0 Å². The van der Waals surface area contributed by atoms with E-state index in [0.29, 0.717) is 21.7 Å². The standard InChI is InChI=1S/C21H19BrFNO3S/c1-2-3-9-24-20(25)19(28-21(24)26)12-14-7-8-18(17(22)11-14)27-13-15-5-4-6-16(23)10-15/h4-8,10-12H,2-3,9,13H2,1H3/b19-12-. The van der Waals surface area contributed by atoms with Crippen molar-refractivity contribution in [3.05, 3.63) is 68.8 Å². The predicted molar refractivity (Wildman–Crippen MR) is 112 cm³/mol. The fraction of sp³-hybridized carbons (Fsp3) is 0.238. The SMILES string of the molecule is CCCCN1C(=O)S/C(=C\c2ccc(OCc3cccc(F)c3)c(Br)c2)C1=O. The summed E-state index contributed by atoms with van der Waals surface area (Å²) >= 11 is 4.42. The van der Waals surface area contributed by atoms with Crippen molar-refractivity contribution in [3.8, 4) is 5.75 Å². The van der Waals surface area contributed by atoms with E-state index in [9.17, 15) is 14.0 Å². The third kappa shape index (κ3) is 5.02. The Bertz CT molecular complexity index is 932. The van der Waals surface area contributed by atoms with E-state index >= 15 is 0 Å². The zero-order valence-electron chi connectivity index (χ0n) is 15.3. The Labute approximate surface area is 175 Å². The highest BCUT2D eigenvalue weighted by molar-refractivity contribution is 9.10. The number of hydrogen-bond acceptors (Lipinski definition) is 4. The molecule has 1 saturated heterocycles. The Balaban J connectivity index is 1.69. The van der Waals surface area contributed by atoms with Crippen molar-refractivity contribution in [1.29, 1.82) is 0 Å². The highest BCUT2D eigenvalue weighted by Crippen LogP contribution is 2.34. The normalized spacial score (nSPS) is 15.5. The minimum Gasteiger partial charge on any atom is -0.488 e. The van der Waals surface area contributed by atoms with Gasteiger partial charge in [-0.25, -0.2) is 4.39 Å². The summed E-state index contributed by atoms with van der Waals surface area (Å²) in [6, 6.07) is 11.7. The Morgan fingerprint density at radius 2 is 2.04 bits per heavy atom. The smallest absolute Gasteiger partial charge is 0.293 e. The Morgan fingerprint density at radius 3 is 2.75 bits per heavy atom. The zero-order valence-corrected chi connectivity index (χ0v) is 17.7. The number of amides is 2. The second kappa shape index (κ2) is 9.39. The summed E-state index contributed by atoms with van der Waals surface area (Å²) in [7, 11) is 0. The first-order valence-electron chi connectivity index (χ1n) is 8.90. The van der Waals surface area contributed by atoms with Crippen molar-refractivity contribution < 1.29 is 18.7 Å². The lowest BCUT2D eigenvalue weighted by molar-refractivity contribution is -0.122. The second-order valence-electron chi connectivity index (χ2n) is 6.30. The predicted octanol–water partition coefficient (Wildman–Crippen LogP) is 6.00. The largest absolute Gasteiger partial charge is 0.488 e. The number of carbonyl (C=O) groups is 2. The zero-order chi connectivity index (χ0) is 20.1. The first kappa shape index (κ1) is 20.6. The van der Waals surface area contributed by atoms with Gasteiger partial charge in [-0.2, -0.15) is 0 Å². The van der Waals surface area contributed by atoms with Crippen LogP contribution in [0.15, 0.2) is 51.8 Å². The molecule has 146 valence electrons. The summed E-state index contributed by atoms with van der Waals surface area (Å²) in [5.41, 5.74) is 1.52. The van der Waals surface area contributed by atoms with Crippen LogP contribution in [0, 0.1) is 5.82 Å². The molecule has 0 unspecified atom stereocenters. The van der Waals surface area contributed by atoms with Crippen molar-refractivity contribution in [2.24, 2.45) is 0 Å². The molecule has 0 spiro atoms. The van der Waals surface area contributed by atoms with Gasteiger partial charge in [-0.3, -0.25) is 14.5 Å². The lowest BCUT2D eigenvalue weighted by atomic mass is 10.2. The summed E-state index contributed by atoms with van der Waals surface area (Å²) in [6.07, 6.45) is 3.43. The number of benzene rings is 2. The fourth-order valence-electron chi connectivity index (χ4n) is 2.67. The third-order valence-electron chi connectivity index (χ3n) is 4.15. The maximum Gasteiger partial charge on any atom is 0.293 e. The van der Waals surface area contributed by atoms with Crippen LogP contribution in [-0.4, -0.2) is 22.6 Å². The van der Waals surface area contributed by atoms with E-state index in [-0.39, 0.29) is 23.6 Å². The molecule has 1 heterocycles. The number of thioether (sulfide) groups is 1. The molecule has 1 fully saturated rings. The molecular formula is C21H19BrFNO3S. The summed E-state index contributed by atoms with van der Waals surface area (Å²) in [5.74, 6) is 0.0619. The average molecular weight is 464 g/mol. The molecule has 1 aliphatic heterocycles. The molecule has 1 aliphatic rings. The molecule has 2 amide bonds. The van der Waals surface area contributed by atoms with Gasteiger partial charge in [0.2, 0.25) is 0 Å². The van der Waals surface area contributed by atoms with Gasteiger partial charge in [-0.05, 0) is 75.6 Å². The molecule has 3 rings (SSSR count). The van der Waals surface area contributed by atoms with Gasteiger partial charge in [0.1, 0.15) is 18.2 Å². The number of hydrogen-bond donors (Lipinski definition) is 0. The number of carbonyl (C=O) groups excluding carboxylic acids is 2. The number of rotatable bonds is 7. The van der Waals surface area contributed by atoms with E-state index in [2.05, 4.69) is 15.9 Å². The maximum absolute atomic E-state index is 13.2. The molecule has 0 atom stereocenters. The van der Waals surface area contributed by atoms with Crippen molar-refractivity contribution >= 4 is 44.9 Å². The highest BCUT2D eigenvalue weighted by atomic mass is 79.9. The van der Waals surface area contributed by atoms with Crippen LogP contribution < -0.4 is 4.74 Å². The van der Waals surface area contributed by atoms with Crippen LogP contribution in [-0.2, 0) is 11.4 Å². The minimum atomic E-state index is -0.302. The van der Waals surface area contributed by atoms with Gasteiger partial charge in [0.25, 0.3) is 11.1 Å². The van der Waals surface area contributed by atoms with E-state index in [1.165, 1.54) is 17.0 Å². The third-order valence-corrected chi connectivity index (χ3v) is 5.67. The molecule has 0 aromatic heterocycles. The van der Waals surface area contributed by atoms with Gasteiger partial charge < -0.3 is 4.74 Å². The van der Waals surface area contributed by atoms with Gasteiger partial charge in [0, 0.05) is 6.54 Å². The van der Waals surface area contributed by atoms with Gasteiger partial charge in [0.05, 0.1) is 9.38 Å². The van der Waals surface area contributed by atoms with Crippen LogP contribution in [0.25, 0.3) is 6.08 Å². The summed E-state index contributed by atoms with van der Waals surface area (Å²) < 4.78 is 19.7. The van der Waals surface area contributed by atoms with Crippen LogP contribution >= 0.6 is 27.7 Å². The summed E-state index contributed by atoms with van der Waals surface area (Å²) in [6.45, 7) is 2.71. The van der Waals surface area contributed by atoms with Crippen molar-refractivity contribution in [2.75, 3.05) is 6.54 Å². The Hall–Kier alpha value is -2.12. The molecule has 0 radical (unpaired) electrons. The summed E-state index contributed by atoms with van der Waals surface area (Å²) in [4.78, 5) is 26.2. The topological polar surface area (TPSA) is 46.6 Å². The van der Waals surface area contributed by atoms with E-state index in [4.69, 9.17) is 4.74 Å². The van der Waals surface area contributed by atoms with E-state index < -0.39 is 0 Å². The van der Waals surface area contributed by atoms with Crippen molar-refractivity contribution in [3.63, 3.8) is 0 Å². The van der Waals surface area contributed by atoms with E-state index in [1.54, 1.807) is 24.3 Å². The van der Waals surface area contributed by atoms with Crippen LogP contribution in [0.4, 0.5) is 9.18 Å². The first-order chi connectivity index (χ1) is 13.5. The molecule has 0 saturated carbocycles. The first-order valence-corrected chi connectivity index (χ1v) is 10.5. The van der Waals surface area contributed by atoms with E-state index in [0.717, 1.165) is 35.7 Å². The number of ether oxygens (including phenoxy) is 1. The number of nitrogens with zero attached hydrogens (tertiary/aromatic N) is 1. The van der Waals surface area contributed by atoms with Crippen LogP contribution in [0.3, 0.4) is 0 Å². The lowest BCUT2D eigenvalue weighted by Gasteiger charge is -2.11. The molecule has 0 N–H and O–H groups in total. The number of imide groups is 1. The highest BCUT2D eigenvalue weighted by Gasteiger charge is 2.34. The fourth-order valence-corrected chi connectivity index (χ4v) is 4.05. The lowest BCUT2D eigenvalue weighted by Crippen LogP contribution is -2.29. The van der Waals surface area contributed by atoms with Crippen LogP contribution in [0.1, 0.15) is 30.9 Å². The second-order valence-corrected chi connectivity index (χ2v) is 8.14. The van der Waals surface area contributed by atoms with Crippen molar-refractivity contribution in [2.45, 2.75) is 26.4 Å². The monoisotopic (exact) mass is 463 g/mol.